The number of rotatable bonds is 9. The maximum Gasteiger partial charge on any atom is 0.123 e. The number of hydrogen-bond acceptors (Lipinski definition) is 2. The van der Waals surface area contributed by atoms with Crippen molar-refractivity contribution in [1.29, 1.82) is 0 Å². The van der Waals surface area contributed by atoms with Crippen LogP contribution in [-0.2, 0) is 0 Å². The summed E-state index contributed by atoms with van der Waals surface area (Å²) in [6.07, 6.45) is 0. The van der Waals surface area contributed by atoms with Gasteiger partial charge in [-0.3, -0.25) is 0 Å². The molecule has 2 aromatic heterocycles. The van der Waals surface area contributed by atoms with Crippen molar-refractivity contribution in [3.63, 3.8) is 0 Å². The first-order chi connectivity index (χ1) is 30.2. The van der Waals surface area contributed by atoms with E-state index in [4.69, 9.17) is 0 Å². The SMILES string of the molecule is Cc1c(C)n(-c2ccc(N(c3ccccc3)c3ccc(F)cc3)cc2)c2ccc(-c3ccc4c(c3)c(C)c(C)n4-c3ccc(N(c4ccccc4)c4ccc(F)cc4)cc3)cc12. The van der Waals surface area contributed by atoms with Crippen LogP contribution in [0.1, 0.15) is 22.5 Å². The summed E-state index contributed by atoms with van der Waals surface area (Å²) in [5.74, 6) is -0.517. The molecule has 0 saturated heterocycles. The fourth-order valence-corrected chi connectivity index (χ4v) is 8.90. The minimum absolute atomic E-state index is 0.258. The number of anilines is 6. The molecule has 10 rings (SSSR count). The van der Waals surface area contributed by atoms with Gasteiger partial charge in [0, 0.05) is 67.7 Å². The first-order valence-electron chi connectivity index (χ1n) is 20.9. The number of para-hydroxylation sites is 2. The van der Waals surface area contributed by atoms with Crippen molar-refractivity contribution in [2.45, 2.75) is 27.7 Å². The highest BCUT2D eigenvalue weighted by Crippen LogP contribution is 2.40. The van der Waals surface area contributed by atoms with Crippen molar-refractivity contribution in [3.8, 4) is 22.5 Å². The minimum Gasteiger partial charge on any atom is -0.314 e. The zero-order chi connectivity index (χ0) is 42.5. The topological polar surface area (TPSA) is 16.3 Å². The molecule has 302 valence electrons. The van der Waals surface area contributed by atoms with E-state index in [2.05, 4.69) is 156 Å². The molecule has 0 aliphatic heterocycles. The van der Waals surface area contributed by atoms with E-state index in [0.717, 1.165) is 56.5 Å². The standard InChI is InChI=1S/C56H44F2N4/c1-37-39(3)59(47-25-29-51(30-26-47)61(45-11-7-5-8-12-45)49-21-17-43(57)18-22-49)55-33-15-41(35-53(37)55)42-16-34-56-54(36-42)38(2)40(4)60(56)48-27-31-52(32-28-48)62(46-13-9-6-10-14-46)50-23-19-44(58)20-24-50/h5-36H,1-4H3. The predicted octanol–water partition coefficient (Wildman–Crippen LogP) is 15.7. The van der Waals surface area contributed by atoms with Crippen molar-refractivity contribution < 1.29 is 8.78 Å². The van der Waals surface area contributed by atoms with Crippen LogP contribution in [0, 0.1) is 39.3 Å². The van der Waals surface area contributed by atoms with E-state index in [0.29, 0.717) is 0 Å². The van der Waals surface area contributed by atoms with Crippen molar-refractivity contribution >= 4 is 55.9 Å². The van der Waals surface area contributed by atoms with E-state index in [-0.39, 0.29) is 11.6 Å². The Labute approximate surface area is 360 Å². The van der Waals surface area contributed by atoms with Crippen LogP contribution < -0.4 is 9.80 Å². The lowest BCUT2D eigenvalue weighted by atomic mass is 10.00. The first kappa shape index (κ1) is 38.5. The van der Waals surface area contributed by atoms with E-state index in [1.165, 1.54) is 68.7 Å². The lowest BCUT2D eigenvalue weighted by Gasteiger charge is -2.25. The highest BCUT2D eigenvalue weighted by molar-refractivity contribution is 5.95. The van der Waals surface area contributed by atoms with E-state index in [9.17, 15) is 8.78 Å². The van der Waals surface area contributed by atoms with Crippen LogP contribution in [-0.4, -0.2) is 9.13 Å². The molecule has 0 fully saturated rings. The second kappa shape index (κ2) is 15.7. The van der Waals surface area contributed by atoms with Crippen molar-refractivity contribution in [2.75, 3.05) is 9.80 Å². The number of halogens is 2. The highest BCUT2D eigenvalue weighted by atomic mass is 19.1. The molecule has 6 heteroatoms. The molecule has 0 N–H and O–H groups in total. The quantitative estimate of drug-likeness (QED) is 0.144. The summed E-state index contributed by atoms with van der Waals surface area (Å²) in [6, 6.07) is 64.4. The Morgan fingerprint density at radius 1 is 0.339 bits per heavy atom. The summed E-state index contributed by atoms with van der Waals surface area (Å²) in [6.45, 7) is 8.79. The summed E-state index contributed by atoms with van der Waals surface area (Å²) in [5, 5.41) is 2.44. The van der Waals surface area contributed by atoms with Gasteiger partial charge in [0.15, 0.2) is 0 Å². The Kier molecular flexibility index (Phi) is 9.76. The van der Waals surface area contributed by atoms with E-state index in [1.807, 2.05) is 60.7 Å². The lowest BCUT2D eigenvalue weighted by molar-refractivity contribution is 0.627. The van der Waals surface area contributed by atoms with Gasteiger partial charge in [0.2, 0.25) is 0 Å². The lowest BCUT2D eigenvalue weighted by Crippen LogP contribution is -2.10. The third-order valence-electron chi connectivity index (χ3n) is 12.3. The maximum absolute atomic E-state index is 13.9. The minimum atomic E-state index is -0.258. The van der Waals surface area contributed by atoms with Gasteiger partial charge in [-0.25, -0.2) is 8.78 Å². The number of hydrogen-bond donors (Lipinski definition) is 0. The molecule has 0 bridgehead atoms. The van der Waals surface area contributed by atoms with Gasteiger partial charge in [0.05, 0.1) is 11.0 Å². The molecule has 0 spiro atoms. The summed E-state index contributed by atoms with van der Waals surface area (Å²) in [5.41, 5.74) is 17.4. The molecule has 0 radical (unpaired) electrons. The molecular formula is C56H44F2N4. The van der Waals surface area contributed by atoms with Crippen LogP contribution in [0.2, 0.25) is 0 Å². The van der Waals surface area contributed by atoms with Gasteiger partial charge in [-0.15, -0.1) is 0 Å². The molecule has 0 amide bonds. The van der Waals surface area contributed by atoms with Crippen molar-refractivity contribution in [3.05, 3.63) is 228 Å². The van der Waals surface area contributed by atoms with Crippen LogP contribution in [0.15, 0.2) is 194 Å². The summed E-state index contributed by atoms with van der Waals surface area (Å²) < 4.78 is 32.5. The molecule has 0 aliphatic carbocycles. The van der Waals surface area contributed by atoms with Crippen molar-refractivity contribution in [2.24, 2.45) is 0 Å². The number of aromatic nitrogens is 2. The molecule has 0 atom stereocenters. The largest absolute Gasteiger partial charge is 0.314 e. The zero-order valence-corrected chi connectivity index (χ0v) is 35.0. The smallest absolute Gasteiger partial charge is 0.123 e. The monoisotopic (exact) mass is 810 g/mol. The Hall–Kier alpha value is -7.70. The molecule has 4 nitrogen and oxygen atoms in total. The van der Waals surface area contributed by atoms with E-state index >= 15 is 0 Å². The predicted molar refractivity (Wildman–Crippen MR) is 254 cm³/mol. The van der Waals surface area contributed by atoms with Gasteiger partial charge in [-0.2, -0.15) is 0 Å². The van der Waals surface area contributed by atoms with E-state index < -0.39 is 0 Å². The molecular weight excluding hydrogens is 767 g/mol. The van der Waals surface area contributed by atoms with Crippen LogP contribution >= 0.6 is 0 Å². The van der Waals surface area contributed by atoms with Gasteiger partial charge in [0.25, 0.3) is 0 Å². The second-order valence-electron chi connectivity index (χ2n) is 15.9. The van der Waals surface area contributed by atoms with Gasteiger partial charge in [-0.1, -0.05) is 48.5 Å². The molecule has 8 aromatic carbocycles. The third kappa shape index (κ3) is 6.80. The van der Waals surface area contributed by atoms with Gasteiger partial charge >= 0.3 is 0 Å². The average Bonchev–Trinajstić information content (AvgIpc) is 3.71. The molecule has 0 aliphatic rings. The van der Waals surface area contributed by atoms with Gasteiger partial charge < -0.3 is 18.9 Å². The van der Waals surface area contributed by atoms with Crippen LogP contribution in [0.5, 0.6) is 0 Å². The number of aryl methyl sites for hydroxylation is 2. The summed E-state index contributed by atoms with van der Waals surface area (Å²) in [4.78, 5) is 4.28. The van der Waals surface area contributed by atoms with Crippen molar-refractivity contribution in [1.82, 2.24) is 9.13 Å². The Balaban J connectivity index is 0.967. The van der Waals surface area contributed by atoms with Gasteiger partial charge in [0.1, 0.15) is 11.6 Å². The normalized spacial score (nSPS) is 11.4. The first-order valence-corrected chi connectivity index (χ1v) is 20.9. The van der Waals surface area contributed by atoms with Gasteiger partial charge in [-0.05, 0) is 196 Å². The number of benzene rings is 8. The highest BCUT2D eigenvalue weighted by Gasteiger charge is 2.19. The molecule has 0 saturated carbocycles. The Morgan fingerprint density at radius 2 is 0.645 bits per heavy atom. The van der Waals surface area contributed by atoms with Crippen LogP contribution in [0.3, 0.4) is 0 Å². The maximum atomic E-state index is 13.9. The molecule has 10 aromatic rings. The van der Waals surface area contributed by atoms with Crippen LogP contribution in [0.25, 0.3) is 44.3 Å². The van der Waals surface area contributed by atoms with Crippen LogP contribution in [0.4, 0.5) is 42.9 Å². The molecule has 62 heavy (non-hydrogen) atoms. The average molecular weight is 811 g/mol. The molecule has 2 heterocycles. The molecule has 0 unspecified atom stereocenters. The summed E-state index contributed by atoms with van der Waals surface area (Å²) in [7, 11) is 0. The number of fused-ring (bicyclic) bond motifs is 2. The Bertz CT molecular complexity index is 2980. The fourth-order valence-electron chi connectivity index (χ4n) is 8.90. The fraction of sp³-hybridized carbons (Fsp3) is 0.0714. The summed E-state index contributed by atoms with van der Waals surface area (Å²) >= 11 is 0. The third-order valence-corrected chi connectivity index (χ3v) is 12.3. The zero-order valence-electron chi connectivity index (χ0n) is 35.0. The Morgan fingerprint density at radius 3 is 0.984 bits per heavy atom. The second-order valence-corrected chi connectivity index (χ2v) is 15.9. The van der Waals surface area contributed by atoms with E-state index in [1.54, 1.807) is 0 Å². The number of nitrogens with zero attached hydrogens (tertiary/aromatic N) is 4.